The first-order valence-corrected chi connectivity index (χ1v) is 9.95. The average Bonchev–Trinajstić information content (AvgIpc) is 3.40. The van der Waals surface area contributed by atoms with Crippen LogP contribution < -0.4 is 0 Å². The van der Waals surface area contributed by atoms with Crippen LogP contribution in [0.5, 0.6) is 0 Å². The summed E-state index contributed by atoms with van der Waals surface area (Å²) in [6.45, 7) is 3.30. The van der Waals surface area contributed by atoms with Gasteiger partial charge in [-0.2, -0.15) is 13.2 Å². The van der Waals surface area contributed by atoms with Gasteiger partial charge in [-0.15, -0.1) is 11.3 Å². The van der Waals surface area contributed by atoms with Crippen molar-refractivity contribution in [2.45, 2.75) is 12.7 Å². The second-order valence-electron chi connectivity index (χ2n) is 6.76. The third-order valence-electron chi connectivity index (χ3n) is 4.79. The molecule has 0 unspecified atom stereocenters. The van der Waals surface area contributed by atoms with Crippen LogP contribution in [-0.2, 0) is 12.7 Å². The summed E-state index contributed by atoms with van der Waals surface area (Å²) >= 11 is 1.41. The van der Waals surface area contributed by atoms with Gasteiger partial charge in [0, 0.05) is 43.7 Å². The van der Waals surface area contributed by atoms with E-state index in [0.29, 0.717) is 36.0 Å². The Labute approximate surface area is 169 Å². The van der Waals surface area contributed by atoms with Crippen molar-refractivity contribution in [2.24, 2.45) is 0 Å². The number of piperazine rings is 1. The molecule has 1 aliphatic heterocycles. The average molecular weight is 421 g/mol. The Morgan fingerprint density at radius 1 is 1.10 bits per heavy atom. The van der Waals surface area contributed by atoms with E-state index in [1.165, 1.54) is 29.7 Å². The van der Waals surface area contributed by atoms with Gasteiger partial charge in [-0.25, -0.2) is 4.98 Å². The monoisotopic (exact) mass is 421 g/mol. The Hall–Kier alpha value is -2.65. The molecule has 0 radical (unpaired) electrons. The number of carbonyl (C=O) groups is 1. The topological polar surface area (TPSA) is 49.6 Å². The number of hydrogen-bond donors (Lipinski definition) is 0. The van der Waals surface area contributed by atoms with Crippen molar-refractivity contribution in [2.75, 3.05) is 26.2 Å². The van der Waals surface area contributed by atoms with Gasteiger partial charge in [-0.05, 0) is 24.3 Å². The van der Waals surface area contributed by atoms with Crippen LogP contribution >= 0.6 is 11.3 Å². The van der Waals surface area contributed by atoms with Crippen molar-refractivity contribution in [3.63, 3.8) is 0 Å². The minimum absolute atomic E-state index is 0.104. The lowest BCUT2D eigenvalue weighted by atomic mass is 10.1. The van der Waals surface area contributed by atoms with E-state index in [1.54, 1.807) is 17.0 Å². The Bertz CT molecular complexity index is 960. The fourth-order valence-corrected chi connectivity index (χ4v) is 4.03. The highest BCUT2D eigenvalue weighted by molar-refractivity contribution is 7.13. The van der Waals surface area contributed by atoms with Gasteiger partial charge >= 0.3 is 6.18 Å². The van der Waals surface area contributed by atoms with Crippen LogP contribution in [-0.4, -0.2) is 46.9 Å². The van der Waals surface area contributed by atoms with E-state index in [-0.39, 0.29) is 5.91 Å². The Morgan fingerprint density at radius 2 is 1.83 bits per heavy atom. The van der Waals surface area contributed by atoms with Crippen molar-refractivity contribution in [1.82, 2.24) is 14.8 Å². The number of aromatic nitrogens is 1. The summed E-state index contributed by atoms with van der Waals surface area (Å²) in [7, 11) is 0. The molecule has 0 N–H and O–H groups in total. The third kappa shape index (κ3) is 4.51. The van der Waals surface area contributed by atoms with Crippen molar-refractivity contribution < 1.29 is 22.4 Å². The molecule has 152 valence electrons. The minimum Gasteiger partial charge on any atom is -0.459 e. The Kier molecular flexibility index (Phi) is 5.42. The number of alkyl halides is 3. The highest BCUT2D eigenvalue weighted by atomic mass is 32.1. The first-order chi connectivity index (χ1) is 13.9. The van der Waals surface area contributed by atoms with E-state index < -0.39 is 11.7 Å². The summed E-state index contributed by atoms with van der Waals surface area (Å²) in [6.07, 6.45) is -2.85. The lowest BCUT2D eigenvalue weighted by molar-refractivity contribution is -0.137. The van der Waals surface area contributed by atoms with Gasteiger partial charge in [0.05, 0.1) is 17.5 Å². The number of amides is 1. The molecule has 3 aromatic rings. The van der Waals surface area contributed by atoms with Crippen LogP contribution in [0.15, 0.2) is 52.5 Å². The molecule has 1 fully saturated rings. The molecule has 1 amide bonds. The van der Waals surface area contributed by atoms with Crippen LogP contribution in [0.1, 0.15) is 21.8 Å². The van der Waals surface area contributed by atoms with Crippen LogP contribution in [0.4, 0.5) is 13.2 Å². The normalized spacial score (nSPS) is 15.6. The molecule has 0 spiro atoms. The molecule has 0 saturated carbocycles. The van der Waals surface area contributed by atoms with Gasteiger partial charge in [0.25, 0.3) is 5.91 Å². The number of thiazole rings is 1. The molecule has 1 saturated heterocycles. The number of halogens is 3. The fourth-order valence-electron chi connectivity index (χ4n) is 3.21. The van der Waals surface area contributed by atoms with Gasteiger partial charge in [-0.1, -0.05) is 12.1 Å². The molecule has 4 rings (SSSR count). The van der Waals surface area contributed by atoms with E-state index in [2.05, 4.69) is 9.88 Å². The first kappa shape index (κ1) is 19.7. The number of hydrogen-bond acceptors (Lipinski definition) is 5. The maximum atomic E-state index is 12.7. The molecule has 1 aliphatic rings. The number of rotatable bonds is 4. The molecule has 0 aliphatic carbocycles. The number of carbonyl (C=O) groups excluding carboxylic acids is 1. The number of nitrogens with zero attached hydrogens (tertiary/aromatic N) is 3. The molecular formula is C20H18F3N3O2S. The Morgan fingerprint density at radius 3 is 2.45 bits per heavy atom. The summed E-state index contributed by atoms with van der Waals surface area (Å²) in [6, 6.07) is 8.40. The standard InChI is InChI=1S/C20H18F3N3O2S/c21-20(22,23)15-5-3-14(4-6-15)18-24-16(13-29-18)12-25-7-9-26(10-8-25)19(27)17-2-1-11-28-17/h1-6,11,13H,7-10,12H2. The van der Waals surface area contributed by atoms with E-state index in [4.69, 9.17) is 4.42 Å². The summed E-state index contributed by atoms with van der Waals surface area (Å²) in [5.41, 5.74) is 0.874. The molecule has 9 heteroatoms. The summed E-state index contributed by atoms with van der Waals surface area (Å²) in [5.74, 6) is 0.243. The SMILES string of the molecule is O=C(c1ccco1)N1CCN(Cc2csc(-c3ccc(C(F)(F)F)cc3)n2)CC1. The van der Waals surface area contributed by atoms with Crippen LogP contribution in [0.25, 0.3) is 10.6 Å². The number of benzene rings is 1. The zero-order valence-electron chi connectivity index (χ0n) is 15.4. The summed E-state index contributed by atoms with van der Waals surface area (Å²) in [5, 5.41) is 2.62. The lowest BCUT2D eigenvalue weighted by Gasteiger charge is -2.33. The van der Waals surface area contributed by atoms with E-state index in [9.17, 15) is 18.0 Å². The lowest BCUT2D eigenvalue weighted by Crippen LogP contribution is -2.48. The first-order valence-electron chi connectivity index (χ1n) is 9.07. The highest BCUT2D eigenvalue weighted by Crippen LogP contribution is 2.32. The van der Waals surface area contributed by atoms with Gasteiger partial charge in [-0.3, -0.25) is 9.69 Å². The molecule has 5 nitrogen and oxygen atoms in total. The molecular weight excluding hydrogens is 403 g/mol. The molecule has 0 bridgehead atoms. The van der Waals surface area contributed by atoms with E-state index >= 15 is 0 Å². The molecule has 1 aromatic carbocycles. The van der Waals surface area contributed by atoms with Crippen LogP contribution in [0.2, 0.25) is 0 Å². The highest BCUT2D eigenvalue weighted by Gasteiger charge is 2.30. The van der Waals surface area contributed by atoms with Crippen LogP contribution in [0.3, 0.4) is 0 Å². The molecule has 29 heavy (non-hydrogen) atoms. The quantitative estimate of drug-likeness (QED) is 0.627. The Balaban J connectivity index is 1.34. The van der Waals surface area contributed by atoms with Crippen molar-refractivity contribution in [1.29, 1.82) is 0 Å². The maximum absolute atomic E-state index is 12.7. The van der Waals surface area contributed by atoms with Gasteiger partial charge < -0.3 is 9.32 Å². The second-order valence-corrected chi connectivity index (χ2v) is 7.62. The largest absolute Gasteiger partial charge is 0.459 e. The summed E-state index contributed by atoms with van der Waals surface area (Å²) in [4.78, 5) is 20.8. The summed E-state index contributed by atoms with van der Waals surface area (Å²) < 4.78 is 43.3. The minimum atomic E-state index is -4.34. The number of furan rings is 1. The molecule has 2 aromatic heterocycles. The van der Waals surface area contributed by atoms with Crippen molar-refractivity contribution in [3.05, 3.63) is 65.1 Å². The van der Waals surface area contributed by atoms with Crippen molar-refractivity contribution in [3.8, 4) is 10.6 Å². The van der Waals surface area contributed by atoms with Gasteiger partial charge in [0.2, 0.25) is 0 Å². The zero-order valence-corrected chi connectivity index (χ0v) is 16.2. The predicted octanol–water partition coefficient (Wildman–Crippen LogP) is 4.38. The van der Waals surface area contributed by atoms with E-state index in [1.807, 2.05) is 5.38 Å². The van der Waals surface area contributed by atoms with Crippen LogP contribution in [0, 0.1) is 0 Å². The third-order valence-corrected chi connectivity index (χ3v) is 5.73. The van der Waals surface area contributed by atoms with Gasteiger partial charge in [0.15, 0.2) is 5.76 Å². The zero-order chi connectivity index (χ0) is 20.4. The molecule has 0 atom stereocenters. The van der Waals surface area contributed by atoms with Gasteiger partial charge in [0.1, 0.15) is 5.01 Å². The predicted molar refractivity (Wildman–Crippen MR) is 102 cm³/mol. The maximum Gasteiger partial charge on any atom is 0.416 e. The van der Waals surface area contributed by atoms with Crippen molar-refractivity contribution >= 4 is 17.2 Å². The smallest absolute Gasteiger partial charge is 0.416 e. The van der Waals surface area contributed by atoms with E-state index in [0.717, 1.165) is 30.9 Å². The molecule has 3 heterocycles. The fraction of sp³-hybridized carbons (Fsp3) is 0.300. The second kappa shape index (κ2) is 8.00.